The number of hydrogen-bond acceptors (Lipinski definition) is 3. The van der Waals surface area contributed by atoms with Crippen LogP contribution in [-0.4, -0.2) is 34.3 Å². The third-order valence-corrected chi connectivity index (χ3v) is 7.18. The molecule has 0 spiro atoms. The van der Waals surface area contributed by atoms with Crippen molar-refractivity contribution >= 4 is 16.8 Å². The summed E-state index contributed by atoms with van der Waals surface area (Å²) in [6.07, 6.45) is 8.65. The minimum Gasteiger partial charge on any atom is -0.396 e. The van der Waals surface area contributed by atoms with Gasteiger partial charge in [0.25, 0.3) is 5.91 Å². The van der Waals surface area contributed by atoms with E-state index >= 15 is 0 Å². The molecular formula is C23H32N2O3. The maximum atomic E-state index is 11.7. The first-order valence-corrected chi connectivity index (χ1v) is 10.8. The largest absolute Gasteiger partial charge is 0.396 e. The topological polar surface area (TPSA) is 99.3 Å². The molecule has 0 saturated heterocycles. The number of aliphatic hydroxyl groups is 2. The van der Waals surface area contributed by atoms with Crippen molar-refractivity contribution in [3.05, 3.63) is 35.0 Å². The van der Waals surface area contributed by atoms with Crippen LogP contribution in [0.4, 0.5) is 0 Å². The molecule has 2 saturated carbocycles. The van der Waals surface area contributed by atoms with E-state index in [1.54, 1.807) is 0 Å². The number of aromatic amines is 1. The first kappa shape index (κ1) is 19.5. The van der Waals surface area contributed by atoms with Gasteiger partial charge in [0, 0.05) is 24.1 Å². The summed E-state index contributed by atoms with van der Waals surface area (Å²) in [4.78, 5) is 15.0. The van der Waals surface area contributed by atoms with Crippen LogP contribution in [0, 0.1) is 11.8 Å². The normalized spacial score (nSPS) is 28.5. The molecule has 1 amide bonds. The zero-order valence-corrected chi connectivity index (χ0v) is 16.5. The Balaban J connectivity index is 1.68. The van der Waals surface area contributed by atoms with Crippen LogP contribution in [0.3, 0.4) is 0 Å². The average Bonchev–Trinajstić information content (AvgIpc) is 3.18. The summed E-state index contributed by atoms with van der Waals surface area (Å²) in [5.41, 5.74) is 9.69. The van der Waals surface area contributed by atoms with Crippen LogP contribution in [0.1, 0.15) is 84.8 Å². The molecule has 1 aromatic heterocycles. The Morgan fingerprint density at radius 2 is 1.46 bits per heavy atom. The zero-order chi connectivity index (χ0) is 19.7. The van der Waals surface area contributed by atoms with Crippen molar-refractivity contribution < 1.29 is 15.0 Å². The number of amides is 1. The summed E-state index contributed by atoms with van der Waals surface area (Å²) in [6.45, 7) is 0.579. The second kappa shape index (κ2) is 8.26. The Labute approximate surface area is 166 Å². The van der Waals surface area contributed by atoms with Gasteiger partial charge in [-0.15, -0.1) is 0 Å². The molecule has 4 rings (SSSR count). The highest BCUT2D eigenvalue weighted by Crippen LogP contribution is 2.42. The van der Waals surface area contributed by atoms with Gasteiger partial charge in [-0.2, -0.15) is 0 Å². The van der Waals surface area contributed by atoms with E-state index in [1.165, 1.54) is 11.1 Å². The van der Waals surface area contributed by atoms with Gasteiger partial charge in [-0.25, -0.2) is 0 Å². The number of hydrogen-bond donors (Lipinski definition) is 4. The van der Waals surface area contributed by atoms with E-state index in [2.05, 4.69) is 17.1 Å². The Morgan fingerprint density at radius 1 is 0.893 bits per heavy atom. The summed E-state index contributed by atoms with van der Waals surface area (Å²) in [6, 6.07) is 6.49. The van der Waals surface area contributed by atoms with Crippen LogP contribution in [0.25, 0.3) is 10.9 Å². The molecule has 5 nitrogen and oxygen atoms in total. The third-order valence-electron chi connectivity index (χ3n) is 7.18. The van der Waals surface area contributed by atoms with Gasteiger partial charge < -0.3 is 20.9 Å². The molecule has 0 unspecified atom stereocenters. The fraction of sp³-hybridized carbons (Fsp3) is 0.609. The van der Waals surface area contributed by atoms with Gasteiger partial charge in [-0.3, -0.25) is 4.79 Å². The lowest BCUT2D eigenvalue weighted by Crippen LogP contribution is -2.18. The SMILES string of the molecule is NC(=O)c1cc2c(C3CCC(CO)CC3)cc(C3CCC(CO)CC3)cc2[nH]1. The van der Waals surface area contributed by atoms with Crippen LogP contribution in [0.5, 0.6) is 0 Å². The molecule has 0 radical (unpaired) electrons. The highest BCUT2D eigenvalue weighted by atomic mass is 16.3. The smallest absolute Gasteiger partial charge is 0.265 e. The molecule has 2 aliphatic rings. The van der Waals surface area contributed by atoms with E-state index < -0.39 is 5.91 Å². The number of primary amides is 1. The van der Waals surface area contributed by atoms with Gasteiger partial charge in [0.2, 0.25) is 0 Å². The number of carbonyl (C=O) groups excluding carboxylic acids is 1. The third kappa shape index (κ3) is 3.83. The number of rotatable bonds is 5. The zero-order valence-electron chi connectivity index (χ0n) is 16.5. The lowest BCUT2D eigenvalue weighted by Gasteiger charge is -2.30. The van der Waals surface area contributed by atoms with Gasteiger partial charge in [-0.05, 0) is 98.3 Å². The van der Waals surface area contributed by atoms with Crippen molar-refractivity contribution in [1.82, 2.24) is 4.98 Å². The highest BCUT2D eigenvalue weighted by Gasteiger charge is 2.27. The second-order valence-electron chi connectivity index (χ2n) is 8.92. The fourth-order valence-electron chi connectivity index (χ4n) is 5.33. The van der Waals surface area contributed by atoms with Crippen molar-refractivity contribution in [1.29, 1.82) is 0 Å². The van der Waals surface area contributed by atoms with Crippen molar-refractivity contribution in [3.63, 3.8) is 0 Å². The Kier molecular flexibility index (Phi) is 5.74. The van der Waals surface area contributed by atoms with Crippen molar-refractivity contribution in [2.45, 2.75) is 63.2 Å². The Morgan fingerprint density at radius 3 is 2.00 bits per heavy atom. The summed E-state index contributed by atoms with van der Waals surface area (Å²) >= 11 is 0. The molecular weight excluding hydrogens is 352 g/mol. The lowest BCUT2D eigenvalue weighted by molar-refractivity contribution is 0.0996. The number of aliphatic hydroxyl groups excluding tert-OH is 2. The van der Waals surface area contributed by atoms with Crippen molar-refractivity contribution in [2.24, 2.45) is 17.6 Å². The number of nitrogens with two attached hydrogens (primary N) is 1. The number of fused-ring (bicyclic) bond motifs is 1. The van der Waals surface area contributed by atoms with Crippen LogP contribution in [0.15, 0.2) is 18.2 Å². The first-order valence-electron chi connectivity index (χ1n) is 10.8. The number of carbonyl (C=O) groups is 1. The van der Waals surface area contributed by atoms with E-state index in [4.69, 9.17) is 5.73 Å². The molecule has 1 heterocycles. The maximum absolute atomic E-state index is 11.7. The van der Waals surface area contributed by atoms with Crippen LogP contribution in [-0.2, 0) is 0 Å². The van der Waals surface area contributed by atoms with Crippen LogP contribution >= 0.6 is 0 Å². The summed E-state index contributed by atoms with van der Waals surface area (Å²) < 4.78 is 0. The maximum Gasteiger partial charge on any atom is 0.265 e. The van der Waals surface area contributed by atoms with E-state index in [0.29, 0.717) is 36.0 Å². The van der Waals surface area contributed by atoms with Gasteiger partial charge in [-0.1, -0.05) is 6.07 Å². The molecule has 5 N–H and O–H groups in total. The van der Waals surface area contributed by atoms with Gasteiger partial charge in [0.15, 0.2) is 0 Å². The minimum absolute atomic E-state index is 0.284. The Hall–Kier alpha value is -1.85. The van der Waals surface area contributed by atoms with E-state index in [0.717, 1.165) is 62.3 Å². The molecule has 2 aliphatic carbocycles. The molecule has 5 heteroatoms. The monoisotopic (exact) mass is 384 g/mol. The molecule has 0 bridgehead atoms. The Bertz CT molecular complexity index is 828. The first-order chi connectivity index (χ1) is 13.6. The summed E-state index contributed by atoms with van der Waals surface area (Å²) in [5.74, 6) is 1.43. The second-order valence-corrected chi connectivity index (χ2v) is 8.92. The number of aromatic nitrogens is 1. The van der Waals surface area contributed by atoms with Crippen molar-refractivity contribution in [2.75, 3.05) is 13.2 Å². The van der Waals surface area contributed by atoms with Crippen LogP contribution in [0.2, 0.25) is 0 Å². The fourth-order valence-corrected chi connectivity index (χ4v) is 5.33. The highest BCUT2D eigenvalue weighted by molar-refractivity contribution is 5.98. The quantitative estimate of drug-likeness (QED) is 0.631. The van der Waals surface area contributed by atoms with Gasteiger partial charge >= 0.3 is 0 Å². The van der Waals surface area contributed by atoms with E-state index in [9.17, 15) is 15.0 Å². The molecule has 1 aromatic carbocycles. The molecule has 0 aliphatic heterocycles. The number of nitrogens with one attached hydrogen (secondary N) is 1. The van der Waals surface area contributed by atoms with Gasteiger partial charge in [0.1, 0.15) is 5.69 Å². The lowest BCUT2D eigenvalue weighted by atomic mass is 9.75. The molecule has 2 aromatic rings. The van der Waals surface area contributed by atoms with E-state index in [1.807, 2.05) is 6.07 Å². The average molecular weight is 385 g/mol. The predicted octanol–water partition coefficient (Wildman–Crippen LogP) is 3.80. The van der Waals surface area contributed by atoms with E-state index in [-0.39, 0.29) is 6.61 Å². The van der Waals surface area contributed by atoms with Crippen LogP contribution < -0.4 is 5.73 Å². The molecule has 152 valence electrons. The predicted molar refractivity (Wildman–Crippen MR) is 110 cm³/mol. The van der Waals surface area contributed by atoms with Gasteiger partial charge in [0.05, 0.1) is 0 Å². The number of H-pyrrole nitrogens is 1. The molecule has 0 atom stereocenters. The summed E-state index contributed by atoms with van der Waals surface area (Å²) in [5, 5.41) is 20.0. The molecule has 28 heavy (non-hydrogen) atoms. The van der Waals surface area contributed by atoms with Crippen molar-refractivity contribution in [3.8, 4) is 0 Å². The molecule has 2 fully saturated rings. The standard InChI is InChI=1S/C23H32N2O3/c24-23(28)22-11-20-19(17-7-3-15(13-27)4-8-17)9-18(10-21(20)25-22)16-5-1-14(12-26)2-6-16/h9-11,14-17,25-27H,1-8,12-13H2,(H2,24,28). The summed E-state index contributed by atoms with van der Waals surface area (Å²) in [7, 11) is 0. The minimum atomic E-state index is -0.420. The number of benzene rings is 1.